The summed E-state index contributed by atoms with van der Waals surface area (Å²) >= 11 is 0. The highest BCUT2D eigenvalue weighted by atomic mass is 16.5. The molecule has 114 valence electrons. The lowest BCUT2D eigenvalue weighted by Gasteiger charge is -2.03. The van der Waals surface area contributed by atoms with Gasteiger partial charge in [-0.1, -0.05) is 58.3 Å². The molecule has 0 saturated carbocycles. The van der Waals surface area contributed by atoms with E-state index >= 15 is 0 Å². The van der Waals surface area contributed by atoms with Gasteiger partial charge in [-0.3, -0.25) is 4.79 Å². The van der Waals surface area contributed by atoms with Gasteiger partial charge in [0.05, 0.1) is 6.61 Å². The number of unbranched alkanes of at least 4 members (excludes halogenated alkanes) is 8. The van der Waals surface area contributed by atoms with Gasteiger partial charge in [-0.25, -0.2) is 0 Å². The van der Waals surface area contributed by atoms with Crippen molar-refractivity contribution in [2.24, 2.45) is 0 Å². The molecule has 0 spiro atoms. The third-order valence-electron chi connectivity index (χ3n) is 3.18. The summed E-state index contributed by atoms with van der Waals surface area (Å²) in [6.45, 7) is 3.28. The van der Waals surface area contributed by atoms with Crippen LogP contribution in [0.3, 0.4) is 0 Å². The average molecular weight is 274 g/mol. The van der Waals surface area contributed by atoms with Gasteiger partial charge in [0, 0.05) is 6.42 Å². The van der Waals surface area contributed by atoms with Crippen LogP contribution in [0.15, 0.2) is 0 Å². The molecule has 0 aromatic carbocycles. The Balaban J connectivity index is 3.10. The van der Waals surface area contributed by atoms with Crippen molar-refractivity contribution in [1.82, 2.24) is 0 Å². The fraction of sp³-hybridized carbons (Fsp3) is 0.933. The maximum Gasteiger partial charge on any atom is 0.310 e. The highest BCUT2D eigenvalue weighted by Crippen LogP contribution is 2.10. The standard InChI is InChI=1S/C15H31NO3/c1-2-3-4-5-6-7-8-9-10-11-15(18)19-14-16-12-13-17/h16-17H,2-14H2,1H3/p+1. The van der Waals surface area contributed by atoms with Crippen LogP contribution in [0.4, 0.5) is 0 Å². The Morgan fingerprint density at radius 2 is 1.58 bits per heavy atom. The van der Waals surface area contributed by atoms with Crippen LogP contribution < -0.4 is 5.32 Å². The number of hydrogen-bond donors (Lipinski definition) is 2. The average Bonchev–Trinajstić information content (AvgIpc) is 2.42. The van der Waals surface area contributed by atoms with Gasteiger partial charge in [0.15, 0.2) is 0 Å². The molecule has 4 heteroatoms. The third kappa shape index (κ3) is 15.3. The van der Waals surface area contributed by atoms with E-state index in [-0.39, 0.29) is 12.6 Å². The number of nitrogens with two attached hydrogens (primary N) is 1. The molecule has 0 bridgehead atoms. The molecule has 0 unspecified atom stereocenters. The number of hydrogen-bond acceptors (Lipinski definition) is 3. The minimum Gasteiger partial charge on any atom is -0.415 e. The monoisotopic (exact) mass is 274 g/mol. The summed E-state index contributed by atoms with van der Waals surface area (Å²) in [5, 5.41) is 10.3. The first kappa shape index (κ1) is 18.4. The molecule has 0 amide bonds. The third-order valence-corrected chi connectivity index (χ3v) is 3.18. The Kier molecular flexibility index (Phi) is 15.0. The van der Waals surface area contributed by atoms with E-state index in [0.29, 0.717) is 19.7 Å². The SMILES string of the molecule is CCCCCCCCCCCC(=O)OC[NH2+]CCO. The molecule has 3 N–H and O–H groups in total. The van der Waals surface area contributed by atoms with Crippen LogP contribution in [0.1, 0.15) is 71.1 Å². The minimum absolute atomic E-state index is 0.114. The van der Waals surface area contributed by atoms with Crippen LogP contribution in [-0.2, 0) is 9.53 Å². The van der Waals surface area contributed by atoms with E-state index in [1.165, 1.54) is 44.9 Å². The van der Waals surface area contributed by atoms with E-state index in [1.54, 1.807) is 5.32 Å². The summed E-state index contributed by atoms with van der Waals surface area (Å²) < 4.78 is 5.01. The van der Waals surface area contributed by atoms with E-state index < -0.39 is 0 Å². The predicted molar refractivity (Wildman–Crippen MR) is 76.7 cm³/mol. The summed E-state index contributed by atoms with van der Waals surface area (Å²) in [4.78, 5) is 11.3. The Morgan fingerprint density at radius 1 is 1.00 bits per heavy atom. The van der Waals surface area contributed by atoms with Crippen molar-refractivity contribution in [2.45, 2.75) is 71.1 Å². The smallest absolute Gasteiger partial charge is 0.310 e. The largest absolute Gasteiger partial charge is 0.415 e. The quantitative estimate of drug-likeness (QED) is 0.289. The first-order chi connectivity index (χ1) is 9.31. The maximum atomic E-state index is 11.3. The second-order valence-corrected chi connectivity index (χ2v) is 5.06. The van der Waals surface area contributed by atoms with E-state index in [1.807, 2.05) is 0 Å². The zero-order chi connectivity index (χ0) is 14.2. The molecule has 4 nitrogen and oxygen atoms in total. The molecule has 0 heterocycles. The van der Waals surface area contributed by atoms with Crippen molar-refractivity contribution in [3.05, 3.63) is 0 Å². The molecule has 0 aromatic rings. The predicted octanol–water partition coefficient (Wildman–Crippen LogP) is 1.96. The van der Waals surface area contributed by atoms with E-state index in [4.69, 9.17) is 9.84 Å². The van der Waals surface area contributed by atoms with Crippen LogP contribution in [0.5, 0.6) is 0 Å². The van der Waals surface area contributed by atoms with Crippen molar-refractivity contribution in [3.63, 3.8) is 0 Å². The summed E-state index contributed by atoms with van der Waals surface area (Å²) in [5.74, 6) is -0.114. The Morgan fingerprint density at radius 3 is 2.16 bits per heavy atom. The molecule has 0 radical (unpaired) electrons. The molecular formula is C15H32NO3+. The number of esters is 1. The van der Waals surface area contributed by atoms with Gasteiger partial charge < -0.3 is 15.2 Å². The lowest BCUT2D eigenvalue weighted by molar-refractivity contribution is -0.683. The fourth-order valence-corrected chi connectivity index (χ4v) is 1.98. The first-order valence-electron chi connectivity index (χ1n) is 7.89. The maximum absolute atomic E-state index is 11.3. The van der Waals surface area contributed by atoms with Gasteiger partial charge in [0.25, 0.3) is 0 Å². The van der Waals surface area contributed by atoms with Crippen LogP contribution in [0.2, 0.25) is 0 Å². The van der Waals surface area contributed by atoms with Gasteiger partial charge in [-0.05, 0) is 6.42 Å². The zero-order valence-corrected chi connectivity index (χ0v) is 12.5. The number of carbonyl (C=O) groups is 1. The molecule has 19 heavy (non-hydrogen) atoms. The number of carbonyl (C=O) groups excluding carboxylic acids is 1. The molecule has 0 aliphatic rings. The summed E-state index contributed by atoms with van der Waals surface area (Å²) in [5.41, 5.74) is 0. The summed E-state index contributed by atoms with van der Waals surface area (Å²) in [6, 6.07) is 0. The number of aliphatic hydroxyl groups is 1. The highest BCUT2D eigenvalue weighted by Gasteiger charge is 2.02. The van der Waals surface area contributed by atoms with Crippen molar-refractivity contribution >= 4 is 5.97 Å². The Bertz CT molecular complexity index is 198. The Labute approximate surface area is 117 Å². The van der Waals surface area contributed by atoms with Crippen LogP contribution in [0, 0.1) is 0 Å². The molecule has 0 fully saturated rings. The second kappa shape index (κ2) is 15.4. The Hall–Kier alpha value is -0.610. The van der Waals surface area contributed by atoms with Crippen molar-refractivity contribution in [2.75, 3.05) is 19.9 Å². The first-order valence-corrected chi connectivity index (χ1v) is 7.89. The van der Waals surface area contributed by atoms with Crippen molar-refractivity contribution < 1.29 is 20.0 Å². The van der Waals surface area contributed by atoms with E-state index in [2.05, 4.69) is 6.92 Å². The number of quaternary nitrogens is 1. The van der Waals surface area contributed by atoms with Crippen LogP contribution in [-0.4, -0.2) is 31.0 Å². The summed E-state index contributed by atoms with van der Waals surface area (Å²) in [7, 11) is 0. The van der Waals surface area contributed by atoms with Gasteiger partial charge in [-0.2, -0.15) is 0 Å². The molecular weight excluding hydrogens is 242 g/mol. The lowest BCUT2D eigenvalue weighted by atomic mass is 10.1. The fourth-order valence-electron chi connectivity index (χ4n) is 1.98. The van der Waals surface area contributed by atoms with Crippen LogP contribution >= 0.6 is 0 Å². The van der Waals surface area contributed by atoms with E-state index in [0.717, 1.165) is 12.8 Å². The number of rotatable bonds is 14. The van der Waals surface area contributed by atoms with Crippen molar-refractivity contribution in [1.29, 1.82) is 0 Å². The molecule has 0 saturated heterocycles. The lowest BCUT2D eigenvalue weighted by Crippen LogP contribution is -2.85. The topological polar surface area (TPSA) is 63.1 Å². The molecule has 0 rings (SSSR count). The van der Waals surface area contributed by atoms with Crippen molar-refractivity contribution in [3.8, 4) is 0 Å². The van der Waals surface area contributed by atoms with Crippen LogP contribution in [0.25, 0.3) is 0 Å². The number of ether oxygens (including phenoxy) is 1. The normalized spacial score (nSPS) is 10.6. The van der Waals surface area contributed by atoms with E-state index in [9.17, 15) is 4.79 Å². The zero-order valence-electron chi connectivity index (χ0n) is 12.5. The molecule has 0 aliphatic heterocycles. The van der Waals surface area contributed by atoms with Gasteiger partial charge in [-0.15, -0.1) is 0 Å². The minimum atomic E-state index is -0.114. The molecule has 0 aliphatic carbocycles. The second-order valence-electron chi connectivity index (χ2n) is 5.06. The highest BCUT2D eigenvalue weighted by molar-refractivity contribution is 5.69. The van der Waals surface area contributed by atoms with Gasteiger partial charge in [0.2, 0.25) is 6.73 Å². The molecule has 0 aromatic heterocycles. The van der Waals surface area contributed by atoms with Gasteiger partial charge in [0.1, 0.15) is 6.54 Å². The molecule has 0 atom stereocenters. The summed E-state index contributed by atoms with van der Waals surface area (Å²) in [6.07, 6.45) is 11.8. The number of aliphatic hydroxyl groups excluding tert-OH is 1. The van der Waals surface area contributed by atoms with Gasteiger partial charge >= 0.3 is 5.97 Å².